The van der Waals surface area contributed by atoms with Gasteiger partial charge < -0.3 is 4.90 Å². The Morgan fingerprint density at radius 3 is 2.93 bits per heavy atom. The van der Waals surface area contributed by atoms with Crippen LogP contribution in [-0.2, 0) is 0 Å². The maximum Gasteiger partial charge on any atom is 0.132 e. The molecular weight excluding hydrogens is 186 g/mol. The van der Waals surface area contributed by atoms with Gasteiger partial charge in [-0.15, -0.1) is 6.58 Å². The van der Waals surface area contributed by atoms with Gasteiger partial charge >= 0.3 is 0 Å². The molecule has 0 bridgehead atoms. The Bertz CT molecular complexity index is 344. The summed E-state index contributed by atoms with van der Waals surface area (Å²) in [5, 5.41) is 0. The molecule has 3 heteroatoms. The van der Waals surface area contributed by atoms with Gasteiger partial charge in [-0.25, -0.2) is 9.97 Å². The summed E-state index contributed by atoms with van der Waals surface area (Å²) in [4.78, 5) is 10.7. The first kappa shape index (κ1) is 10.1. The molecule has 0 spiro atoms. The minimum Gasteiger partial charge on any atom is -0.356 e. The monoisotopic (exact) mass is 203 g/mol. The molecule has 1 aliphatic rings. The van der Waals surface area contributed by atoms with Crippen molar-refractivity contribution in [2.24, 2.45) is 0 Å². The summed E-state index contributed by atoms with van der Waals surface area (Å²) in [6.07, 6.45) is 7.45. The highest BCUT2D eigenvalue weighted by atomic mass is 15.2. The van der Waals surface area contributed by atoms with Gasteiger partial charge in [-0.05, 0) is 12.8 Å². The smallest absolute Gasteiger partial charge is 0.132 e. The van der Waals surface area contributed by atoms with Crippen molar-refractivity contribution < 1.29 is 0 Å². The Hall–Kier alpha value is -1.38. The van der Waals surface area contributed by atoms with E-state index < -0.39 is 0 Å². The van der Waals surface area contributed by atoms with Crippen LogP contribution in [0.3, 0.4) is 0 Å². The SMILES string of the molecule is C=CCN(C)c1cc(C2CCC2)ncn1. The summed E-state index contributed by atoms with van der Waals surface area (Å²) >= 11 is 0. The van der Waals surface area contributed by atoms with Crippen molar-refractivity contribution in [1.29, 1.82) is 0 Å². The Balaban J connectivity index is 2.14. The van der Waals surface area contributed by atoms with Crippen LogP contribution in [-0.4, -0.2) is 23.6 Å². The maximum absolute atomic E-state index is 4.34. The van der Waals surface area contributed by atoms with Gasteiger partial charge in [0.1, 0.15) is 12.1 Å². The molecule has 1 saturated carbocycles. The number of anilines is 1. The molecule has 0 radical (unpaired) electrons. The van der Waals surface area contributed by atoms with Gasteiger partial charge in [0, 0.05) is 31.3 Å². The lowest BCUT2D eigenvalue weighted by Crippen LogP contribution is -2.19. The zero-order valence-corrected chi connectivity index (χ0v) is 9.19. The van der Waals surface area contributed by atoms with Crippen LogP contribution >= 0.6 is 0 Å². The van der Waals surface area contributed by atoms with E-state index in [1.807, 2.05) is 13.1 Å². The first-order chi connectivity index (χ1) is 7.31. The summed E-state index contributed by atoms with van der Waals surface area (Å²) in [6, 6.07) is 2.10. The molecule has 0 atom stereocenters. The fourth-order valence-electron chi connectivity index (χ4n) is 1.78. The van der Waals surface area contributed by atoms with Crippen LogP contribution in [0.2, 0.25) is 0 Å². The quantitative estimate of drug-likeness (QED) is 0.703. The van der Waals surface area contributed by atoms with Crippen LogP contribution in [0.1, 0.15) is 30.9 Å². The number of likely N-dealkylation sites (N-methyl/N-ethyl adjacent to an activating group) is 1. The van der Waals surface area contributed by atoms with E-state index in [2.05, 4.69) is 27.5 Å². The minimum absolute atomic E-state index is 0.670. The summed E-state index contributed by atoms with van der Waals surface area (Å²) in [5.74, 6) is 1.66. The van der Waals surface area contributed by atoms with Crippen molar-refractivity contribution in [2.45, 2.75) is 25.2 Å². The predicted octanol–water partition coefficient (Wildman–Crippen LogP) is 2.37. The van der Waals surface area contributed by atoms with Crippen LogP contribution in [0, 0.1) is 0 Å². The van der Waals surface area contributed by atoms with Gasteiger partial charge in [0.2, 0.25) is 0 Å². The second-order valence-electron chi connectivity index (χ2n) is 4.10. The van der Waals surface area contributed by atoms with Gasteiger partial charge in [-0.1, -0.05) is 12.5 Å². The average Bonchev–Trinajstić information content (AvgIpc) is 2.16. The van der Waals surface area contributed by atoms with Gasteiger partial charge in [0.15, 0.2) is 0 Å². The molecule has 3 nitrogen and oxygen atoms in total. The lowest BCUT2D eigenvalue weighted by atomic mass is 9.83. The van der Waals surface area contributed by atoms with Crippen molar-refractivity contribution in [3.8, 4) is 0 Å². The highest BCUT2D eigenvalue weighted by Crippen LogP contribution is 2.35. The Kier molecular flexibility index (Phi) is 2.99. The van der Waals surface area contributed by atoms with E-state index in [1.165, 1.54) is 25.0 Å². The van der Waals surface area contributed by atoms with E-state index in [0.29, 0.717) is 5.92 Å². The van der Waals surface area contributed by atoms with Gasteiger partial charge in [0.05, 0.1) is 0 Å². The van der Waals surface area contributed by atoms with Crippen molar-refractivity contribution in [2.75, 3.05) is 18.5 Å². The second kappa shape index (κ2) is 4.43. The molecule has 0 aromatic carbocycles. The third-order valence-electron chi connectivity index (χ3n) is 2.99. The molecule has 0 N–H and O–H groups in total. The fraction of sp³-hybridized carbons (Fsp3) is 0.500. The highest BCUT2D eigenvalue weighted by Gasteiger charge is 2.21. The van der Waals surface area contributed by atoms with Gasteiger partial charge in [0.25, 0.3) is 0 Å². The molecule has 1 fully saturated rings. The van der Waals surface area contributed by atoms with E-state index in [4.69, 9.17) is 0 Å². The normalized spacial score (nSPS) is 15.8. The van der Waals surface area contributed by atoms with E-state index in [0.717, 1.165) is 12.4 Å². The summed E-state index contributed by atoms with van der Waals surface area (Å²) in [6.45, 7) is 4.55. The summed E-state index contributed by atoms with van der Waals surface area (Å²) in [5.41, 5.74) is 1.20. The molecule has 15 heavy (non-hydrogen) atoms. The predicted molar refractivity (Wildman–Crippen MR) is 62.1 cm³/mol. The van der Waals surface area contributed by atoms with Crippen LogP contribution < -0.4 is 4.90 Å². The first-order valence-corrected chi connectivity index (χ1v) is 5.45. The van der Waals surface area contributed by atoms with Crippen molar-refractivity contribution >= 4 is 5.82 Å². The molecule has 0 amide bonds. The highest BCUT2D eigenvalue weighted by molar-refractivity contribution is 5.39. The van der Waals surface area contributed by atoms with Crippen LogP contribution in [0.5, 0.6) is 0 Å². The number of nitrogens with zero attached hydrogens (tertiary/aromatic N) is 3. The Morgan fingerprint density at radius 2 is 2.33 bits per heavy atom. The molecule has 1 heterocycles. The Labute approximate surface area is 90.9 Å². The molecule has 1 aliphatic carbocycles. The second-order valence-corrected chi connectivity index (χ2v) is 4.10. The van der Waals surface area contributed by atoms with Crippen LogP contribution in [0.25, 0.3) is 0 Å². The number of aromatic nitrogens is 2. The molecular formula is C12H17N3. The van der Waals surface area contributed by atoms with E-state index in [-0.39, 0.29) is 0 Å². The largest absolute Gasteiger partial charge is 0.356 e. The van der Waals surface area contributed by atoms with Crippen LogP contribution in [0.15, 0.2) is 25.0 Å². The lowest BCUT2D eigenvalue weighted by Gasteiger charge is -2.25. The number of hydrogen-bond donors (Lipinski definition) is 0. The third-order valence-corrected chi connectivity index (χ3v) is 2.99. The standard InChI is InChI=1S/C12H17N3/c1-3-7-15(2)12-8-11(13-9-14-12)10-5-4-6-10/h3,8-10H,1,4-7H2,2H3. The molecule has 0 aliphatic heterocycles. The van der Waals surface area contributed by atoms with E-state index in [1.54, 1.807) is 6.33 Å². The average molecular weight is 203 g/mol. The van der Waals surface area contributed by atoms with Crippen molar-refractivity contribution in [3.05, 3.63) is 30.7 Å². The lowest BCUT2D eigenvalue weighted by molar-refractivity contribution is 0.410. The molecule has 1 aromatic heterocycles. The van der Waals surface area contributed by atoms with E-state index in [9.17, 15) is 0 Å². The maximum atomic E-state index is 4.34. The number of rotatable bonds is 4. The summed E-state index contributed by atoms with van der Waals surface area (Å²) in [7, 11) is 2.02. The van der Waals surface area contributed by atoms with Crippen molar-refractivity contribution in [1.82, 2.24) is 9.97 Å². The molecule has 2 rings (SSSR count). The molecule has 0 saturated heterocycles. The zero-order chi connectivity index (χ0) is 10.7. The third kappa shape index (κ3) is 2.17. The molecule has 80 valence electrons. The summed E-state index contributed by atoms with van der Waals surface area (Å²) < 4.78 is 0. The Morgan fingerprint density at radius 1 is 1.53 bits per heavy atom. The van der Waals surface area contributed by atoms with E-state index >= 15 is 0 Å². The van der Waals surface area contributed by atoms with Gasteiger partial charge in [-0.3, -0.25) is 0 Å². The number of hydrogen-bond acceptors (Lipinski definition) is 3. The van der Waals surface area contributed by atoms with Crippen LogP contribution in [0.4, 0.5) is 5.82 Å². The minimum atomic E-state index is 0.670. The first-order valence-electron chi connectivity index (χ1n) is 5.45. The fourth-order valence-corrected chi connectivity index (χ4v) is 1.78. The topological polar surface area (TPSA) is 29.0 Å². The zero-order valence-electron chi connectivity index (χ0n) is 9.19. The molecule has 0 unspecified atom stereocenters. The molecule has 1 aromatic rings. The van der Waals surface area contributed by atoms with Gasteiger partial charge in [-0.2, -0.15) is 0 Å². The van der Waals surface area contributed by atoms with Crippen molar-refractivity contribution in [3.63, 3.8) is 0 Å².